The quantitative estimate of drug-likeness (QED) is 0.800. The van der Waals surface area contributed by atoms with Gasteiger partial charge in [-0.2, -0.15) is 0 Å². The number of urea groups is 1. The van der Waals surface area contributed by atoms with Crippen LogP contribution in [0.5, 0.6) is 0 Å². The van der Waals surface area contributed by atoms with Gasteiger partial charge < -0.3 is 20.1 Å². The van der Waals surface area contributed by atoms with E-state index in [4.69, 9.17) is 9.84 Å². The Labute approximate surface area is 113 Å². The van der Waals surface area contributed by atoms with Crippen molar-refractivity contribution >= 4 is 12.0 Å². The monoisotopic (exact) mass is 270 g/mol. The third-order valence-corrected chi connectivity index (χ3v) is 4.05. The van der Waals surface area contributed by atoms with Crippen LogP contribution in [0, 0.1) is 5.92 Å². The summed E-state index contributed by atoms with van der Waals surface area (Å²) < 4.78 is 5.28. The van der Waals surface area contributed by atoms with E-state index < -0.39 is 11.6 Å². The molecule has 2 aliphatic rings. The van der Waals surface area contributed by atoms with Crippen molar-refractivity contribution in [2.45, 2.75) is 44.8 Å². The Morgan fingerprint density at radius 3 is 2.63 bits per heavy atom. The minimum absolute atomic E-state index is 0.0600. The van der Waals surface area contributed by atoms with Crippen molar-refractivity contribution in [2.75, 3.05) is 19.7 Å². The molecule has 2 fully saturated rings. The van der Waals surface area contributed by atoms with Gasteiger partial charge in [0.05, 0.1) is 13.1 Å². The fourth-order valence-electron chi connectivity index (χ4n) is 2.84. The summed E-state index contributed by atoms with van der Waals surface area (Å²) in [5, 5.41) is 11.6. The van der Waals surface area contributed by atoms with Gasteiger partial charge in [-0.05, 0) is 25.7 Å². The second-order valence-electron chi connectivity index (χ2n) is 5.95. The van der Waals surface area contributed by atoms with E-state index in [0.29, 0.717) is 19.0 Å². The molecule has 2 atom stereocenters. The number of ether oxygens (including phenoxy) is 1. The molecule has 2 rings (SSSR count). The van der Waals surface area contributed by atoms with Crippen molar-refractivity contribution < 1.29 is 19.4 Å². The smallest absolute Gasteiger partial charge is 0.329 e. The highest BCUT2D eigenvalue weighted by Gasteiger charge is 2.43. The van der Waals surface area contributed by atoms with Gasteiger partial charge in [0.2, 0.25) is 0 Å². The molecule has 1 aliphatic heterocycles. The molecule has 6 nitrogen and oxygen atoms in total. The molecule has 0 aromatic carbocycles. The SMILES string of the molecule is CC1CCCC1NC(=O)N1CC(C)(OCC(=O)O)C1. The minimum atomic E-state index is -0.982. The Morgan fingerprint density at radius 1 is 1.42 bits per heavy atom. The summed E-state index contributed by atoms with van der Waals surface area (Å²) in [5.41, 5.74) is -0.517. The average Bonchev–Trinajstić information content (AvgIpc) is 2.68. The van der Waals surface area contributed by atoms with Gasteiger partial charge in [-0.1, -0.05) is 13.3 Å². The highest BCUT2D eigenvalue weighted by atomic mass is 16.5. The van der Waals surface area contributed by atoms with Gasteiger partial charge in [-0.15, -0.1) is 0 Å². The van der Waals surface area contributed by atoms with E-state index in [0.717, 1.165) is 6.42 Å². The molecule has 108 valence electrons. The van der Waals surface area contributed by atoms with Gasteiger partial charge in [-0.3, -0.25) is 0 Å². The Bertz CT molecular complexity index is 366. The number of nitrogens with zero attached hydrogens (tertiary/aromatic N) is 1. The predicted octanol–water partition coefficient (Wildman–Crippen LogP) is 1.06. The maximum atomic E-state index is 12.0. The van der Waals surface area contributed by atoms with E-state index >= 15 is 0 Å². The van der Waals surface area contributed by atoms with Crippen molar-refractivity contribution in [3.05, 3.63) is 0 Å². The van der Waals surface area contributed by atoms with Gasteiger partial charge in [0.15, 0.2) is 0 Å². The second kappa shape index (κ2) is 5.36. The Balaban J connectivity index is 1.73. The Morgan fingerprint density at radius 2 is 2.11 bits per heavy atom. The Kier molecular flexibility index (Phi) is 3.99. The van der Waals surface area contributed by atoms with Gasteiger partial charge in [0.25, 0.3) is 0 Å². The lowest BCUT2D eigenvalue weighted by Crippen LogP contribution is -2.66. The van der Waals surface area contributed by atoms with E-state index in [9.17, 15) is 9.59 Å². The molecule has 2 amide bonds. The van der Waals surface area contributed by atoms with E-state index in [1.54, 1.807) is 4.90 Å². The van der Waals surface area contributed by atoms with E-state index in [1.165, 1.54) is 12.8 Å². The molecule has 2 N–H and O–H groups in total. The van der Waals surface area contributed by atoms with Crippen LogP contribution in [-0.4, -0.2) is 53.3 Å². The molecule has 1 saturated heterocycles. The van der Waals surface area contributed by atoms with Crippen LogP contribution in [0.1, 0.15) is 33.1 Å². The molecule has 0 aromatic rings. The molecule has 1 aliphatic carbocycles. The molecule has 1 heterocycles. The van der Waals surface area contributed by atoms with Gasteiger partial charge in [-0.25, -0.2) is 9.59 Å². The molecule has 6 heteroatoms. The molecule has 2 unspecified atom stereocenters. The van der Waals surface area contributed by atoms with Gasteiger partial charge in [0, 0.05) is 6.04 Å². The molecule has 1 saturated carbocycles. The molecular weight excluding hydrogens is 248 g/mol. The maximum absolute atomic E-state index is 12.0. The summed E-state index contributed by atoms with van der Waals surface area (Å²) in [5.74, 6) is -0.441. The average molecular weight is 270 g/mol. The second-order valence-corrected chi connectivity index (χ2v) is 5.95. The zero-order chi connectivity index (χ0) is 14.0. The Hall–Kier alpha value is -1.30. The normalized spacial score (nSPS) is 28.8. The number of rotatable bonds is 4. The summed E-state index contributed by atoms with van der Waals surface area (Å²) in [4.78, 5) is 24.1. The van der Waals surface area contributed by atoms with Crippen molar-refractivity contribution in [3.63, 3.8) is 0 Å². The van der Waals surface area contributed by atoms with Crippen molar-refractivity contribution in [1.82, 2.24) is 10.2 Å². The van der Waals surface area contributed by atoms with Crippen LogP contribution in [0.25, 0.3) is 0 Å². The summed E-state index contributed by atoms with van der Waals surface area (Å²) in [6.07, 6.45) is 3.39. The number of likely N-dealkylation sites (tertiary alicyclic amines) is 1. The lowest BCUT2D eigenvalue weighted by Gasteiger charge is -2.47. The molecular formula is C13H22N2O4. The molecule has 0 spiro atoms. The number of carbonyl (C=O) groups is 2. The van der Waals surface area contributed by atoms with Crippen LogP contribution >= 0.6 is 0 Å². The van der Waals surface area contributed by atoms with Gasteiger partial charge >= 0.3 is 12.0 Å². The number of nitrogens with one attached hydrogen (secondary N) is 1. The van der Waals surface area contributed by atoms with Crippen LogP contribution in [-0.2, 0) is 9.53 Å². The van der Waals surface area contributed by atoms with Crippen molar-refractivity contribution in [1.29, 1.82) is 0 Å². The molecule has 19 heavy (non-hydrogen) atoms. The highest BCUT2D eigenvalue weighted by molar-refractivity contribution is 5.76. The zero-order valence-electron chi connectivity index (χ0n) is 11.5. The standard InChI is InChI=1S/C13H22N2O4/c1-9-4-3-5-10(9)14-12(18)15-7-13(2,8-15)19-6-11(16)17/h9-10H,3-8H2,1-2H3,(H,14,18)(H,16,17). The number of aliphatic carboxylic acids is 1. The van der Waals surface area contributed by atoms with Crippen LogP contribution in [0.4, 0.5) is 4.79 Å². The number of carboxylic acid groups (broad SMARTS) is 1. The number of hydrogen-bond donors (Lipinski definition) is 2. The molecule has 0 radical (unpaired) electrons. The topological polar surface area (TPSA) is 78.9 Å². The molecule has 0 aromatic heterocycles. The first-order valence-electron chi connectivity index (χ1n) is 6.81. The minimum Gasteiger partial charge on any atom is -0.480 e. The first-order valence-corrected chi connectivity index (χ1v) is 6.81. The predicted molar refractivity (Wildman–Crippen MR) is 68.9 cm³/mol. The summed E-state index contributed by atoms with van der Waals surface area (Å²) in [7, 11) is 0. The fourth-order valence-corrected chi connectivity index (χ4v) is 2.84. The fraction of sp³-hybridized carbons (Fsp3) is 0.846. The van der Waals surface area contributed by atoms with Crippen molar-refractivity contribution in [2.24, 2.45) is 5.92 Å². The van der Waals surface area contributed by atoms with Crippen LogP contribution < -0.4 is 5.32 Å². The number of carbonyl (C=O) groups excluding carboxylic acids is 1. The first-order chi connectivity index (χ1) is 8.89. The first kappa shape index (κ1) is 14.1. The highest BCUT2D eigenvalue weighted by Crippen LogP contribution is 2.27. The largest absolute Gasteiger partial charge is 0.480 e. The van der Waals surface area contributed by atoms with Crippen LogP contribution in [0.2, 0.25) is 0 Å². The third kappa shape index (κ3) is 3.37. The molecule has 0 bridgehead atoms. The lowest BCUT2D eigenvalue weighted by atomic mass is 9.97. The van der Waals surface area contributed by atoms with Gasteiger partial charge in [0.1, 0.15) is 12.2 Å². The third-order valence-electron chi connectivity index (χ3n) is 4.05. The van der Waals surface area contributed by atoms with E-state index in [2.05, 4.69) is 12.2 Å². The summed E-state index contributed by atoms with van der Waals surface area (Å²) in [6.45, 7) is 4.58. The van der Waals surface area contributed by atoms with Crippen LogP contribution in [0.15, 0.2) is 0 Å². The number of hydrogen-bond acceptors (Lipinski definition) is 3. The lowest BCUT2D eigenvalue weighted by molar-refractivity contribution is -0.159. The summed E-state index contributed by atoms with van der Waals surface area (Å²) >= 11 is 0. The zero-order valence-corrected chi connectivity index (χ0v) is 11.5. The van der Waals surface area contributed by atoms with Crippen LogP contribution in [0.3, 0.4) is 0 Å². The summed E-state index contributed by atoms with van der Waals surface area (Å²) in [6, 6.07) is 0.217. The van der Waals surface area contributed by atoms with E-state index in [-0.39, 0.29) is 18.7 Å². The number of amides is 2. The van der Waals surface area contributed by atoms with Crippen molar-refractivity contribution in [3.8, 4) is 0 Å². The maximum Gasteiger partial charge on any atom is 0.329 e. The van der Waals surface area contributed by atoms with E-state index in [1.807, 2.05) is 6.92 Å². The number of carboxylic acids is 1.